The maximum absolute atomic E-state index is 10.6. The van der Waals surface area contributed by atoms with Crippen molar-refractivity contribution in [3.63, 3.8) is 0 Å². The van der Waals surface area contributed by atoms with E-state index in [-0.39, 0.29) is 11.0 Å². The Bertz CT molecular complexity index is 303. The van der Waals surface area contributed by atoms with Gasteiger partial charge in [0.25, 0.3) is 0 Å². The molecule has 0 aliphatic heterocycles. The molecule has 0 N–H and O–H groups in total. The highest BCUT2D eigenvalue weighted by Gasteiger charge is 2.06. The van der Waals surface area contributed by atoms with Crippen molar-refractivity contribution in [3.8, 4) is 0 Å². The van der Waals surface area contributed by atoms with E-state index in [1.54, 1.807) is 11.8 Å². The van der Waals surface area contributed by atoms with E-state index < -0.39 is 0 Å². The van der Waals surface area contributed by atoms with Crippen molar-refractivity contribution in [2.45, 2.75) is 23.3 Å². The monoisotopic (exact) mass is 288 g/mol. The minimum absolute atomic E-state index is 0.175. The van der Waals surface area contributed by atoms with Crippen molar-refractivity contribution >= 4 is 33.7 Å². The van der Waals surface area contributed by atoms with Gasteiger partial charge < -0.3 is 4.74 Å². The highest BCUT2D eigenvalue weighted by molar-refractivity contribution is 9.09. The standard InChI is InChI=1S/C11H13BrO2S/c1-9(13)14-11(12)7-8-15-10-5-3-2-4-6-10/h2-6,11H,7-8H2,1H3. The van der Waals surface area contributed by atoms with Crippen LogP contribution in [0.5, 0.6) is 0 Å². The summed E-state index contributed by atoms with van der Waals surface area (Å²) in [6.07, 6.45) is 0.805. The van der Waals surface area contributed by atoms with Gasteiger partial charge in [0.05, 0.1) is 0 Å². The second-order valence-corrected chi connectivity index (χ2v) is 5.16. The third-order valence-corrected chi connectivity index (χ3v) is 3.34. The first-order valence-corrected chi connectivity index (χ1v) is 6.58. The van der Waals surface area contributed by atoms with Crippen LogP contribution in [0.15, 0.2) is 35.2 Å². The van der Waals surface area contributed by atoms with E-state index in [1.807, 2.05) is 18.2 Å². The fourth-order valence-corrected chi connectivity index (χ4v) is 2.74. The normalized spacial score (nSPS) is 12.1. The predicted molar refractivity (Wildman–Crippen MR) is 66.3 cm³/mol. The molecule has 1 aromatic carbocycles. The third kappa shape index (κ3) is 5.85. The van der Waals surface area contributed by atoms with Crippen LogP contribution >= 0.6 is 27.7 Å². The van der Waals surface area contributed by atoms with Crippen LogP contribution in [0.25, 0.3) is 0 Å². The number of thioether (sulfide) groups is 1. The molecule has 0 aliphatic carbocycles. The topological polar surface area (TPSA) is 26.3 Å². The summed E-state index contributed by atoms with van der Waals surface area (Å²) in [5.74, 6) is 0.675. The Morgan fingerprint density at radius 3 is 2.73 bits per heavy atom. The molecule has 0 aliphatic rings. The van der Waals surface area contributed by atoms with E-state index in [2.05, 4.69) is 28.1 Å². The zero-order valence-corrected chi connectivity index (χ0v) is 10.9. The summed E-state index contributed by atoms with van der Waals surface area (Å²) >= 11 is 5.05. The Morgan fingerprint density at radius 1 is 1.47 bits per heavy atom. The molecule has 1 aromatic rings. The van der Waals surface area contributed by atoms with Crippen molar-refractivity contribution in [1.29, 1.82) is 0 Å². The molecule has 0 radical (unpaired) electrons. The maximum atomic E-state index is 10.6. The average Bonchev–Trinajstić information content (AvgIpc) is 2.18. The molecule has 4 heteroatoms. The first-order valence-electron chi connectivity index (χ1n) is 4.67. The van der Waals surface area contributed by atoms with Gasteiger partial charge in [0, 0.05) is 24.0 Å². The Morgan fingerprint density at radius 2 is 2.13 bits per heavy atom. The van der Waals surface area contributed by atoms with Gasteiger partial charge in [-0.05, 0) is 28.1 Å². The predicted octanol–water partition coefficient (Wildman–Crippen LogP) is 3.45. The Balaban J connectivity index is 2.19. The molecule has 0 heterocycles. The molecule has 2 nitrogen and oxygen atoms in total. The molecule has 0 saturated heterocycles. The lowest BCUT2D eigenvalue weighted by molar-refractivity contribution is -0.142. The zero-order valence-electron chi connectivity index (χ0n) is 8.48. The summed E-state index contributed by atoms with van der Waals surface area (Å²) < 4.78 is 4.95. The van der Waals surface area contributed by atoms with Gasteiger partial charge >= 0.3 is 5.97 Å². The van der Waals surface area contributed by atoms with Crippen LogP contribution in [0, 0.1) is 0 Å². The van der Waals surface area contributed by atoms with Gasteiger partial charge in [0.2, 0.25) is 0 Å². The Hall–Kier alpha value is -0.480. The number of hydrogen-bond donors (Lipinski definition) is 0. The van der Waals surface area contributed by atoms with Gasteiger partial charge in [-0.15, -0.1) is 11.8 Å². The van der Waals surface area contributed by atoms with Crippen molar-refractivity contribution in [2.24, 2.45) is 0 Å². The summed E-state index contributed by atoms with van der Waals surface area (Å²) in [7, 11) is 0. The molecular weight excluding hydrogens is 276 g/mol. The highest BCUT2D eigenvalue weighted by atomic mass is 79.9. The van der Waals surface area contributed by atoms with Crippen molar-refractivity contribution in [1.82, 2.24) is 0 Å². The number of carbonyl (C=O) groups excluding carboxylic acids is 1. The smallest absolute Gasteiger partial charge is 0.303 e. The fraction of sp³-hybridized carbons (Fsp3) is 0.364. The average molecular weight is 289 g/mol. The molecule has 1 unspecified atom stereocenters. The first-order chi connectivity index (χ1) is 7.18. The van der Waals surface area contributed by atoms with Gasteiger partial charge in [0.15, 0.2) is 5.01 Å². The van der Waals surface area contributed by atoms with E-state index >= 15 is 0 Å². The van der Waals surface area contributed by atoms with Crippen LogP contribution in [0.3, 0.4) is 0 Å². The van der Waals surface area contributed by atoms with Crippen molar-refractivity contribution in [2.75, 3.05) is 5.75 Å². The lowest BCUT2D eigenvalue weighted by Crippen LogP contribution is -2.09. The number of hydrogen-bond acceptors (Lipinski definition) is 3. The van der Waals surface area contributed by atoms with Crippen LogP contribution in [-0.2, 0) is 9.53 Å². The van der Waals surface area contributed by atoms with Gasteiger partial charge in [-0.25, -0.2) is 0 Å². The number of carbonyl (C=O) groups is 1. The molecule has 82 valence electrons. The lowest BCUT2D eigenvalue weighted by Gasteiger charge is -2.09. The Kier molecular flexibility index (Phi) is 5.79. The molecule has 1 rings (SSSR count). The summed E-state index contributed by atoms with van der Waals surface area (Å²) in [6.45, 7) is 1.42. The van der Waals surface area contributed by atoms with Gasteiger partial charge in [-0.2, -0.15) is 0 Å². The van der Waals surface area contributed by atoms with Crippen LogP contribution in [-0.4, -0.2) is 16.7 Å². The number of halogens is 1. The van der Waals surface area contributed by atoms with Crippen molar-refractivity contribution < 1.29 is 9.53 Å². The molecular formula is C11H13BrO2S. The second kappa shape index (κ2) is 6.90. The number of rotatable bonds is 5. The van der Waals surface area contributed by atoms with Gasteiger partial charge in [0.1, 0.15) is 0 Å². The summed E-state index contributed by atoms with van der Waals surface area (Å²) in [6, 6.07) is 10.2. The SMILES string of the molecule is CC(=O)OC(Br)CCSc1ccccc1. The minimum atomic E-state index is -0.249. The molecule has 1 atom stereocenters. The van der Waals surface area contributed by atoms with Gasteiger partial charge in [-0.3, -0.25) is 4.79 Å². The fourth-order valence-electron chi connectivity index (χ4n) is 1.03. The number of ether oxygens (including phenoxy) is 1. The quantitative estimate of drug-likeness (QED) is 0.472. The van der Waals surface area contributed by atoms with Crippen LogP contribution in [0.2, 0.25) is 0 Å². The van der Waals surface area contributed by atoms with E-state index in [0.29, 0.717) is 0 Å². The van der Waals surface area contributed by atoms with E-state index in [4.69, 9.17) is 4.74 Å². The zero-order chi connectivity index (χ0) is 11.1. The third-order valence-electron chi connectivity index (χ3n) is 1.65. The number of alkyl halides is 1. The van der Waals surface area contributed by atoms with E-state index in [0.717, 1.165) is 12.2 Å². The first kappa shape index (κ1) is 12.6. The largest absolute Gasteiger partial charge is 0.451 e. The highest BCUT2D eigenvalue weighted by Crippen LogP contribution is 2.20. The molecule has 15 heavy (non-hydrogen) atoms. The number of benzene rings is 1. The van der Waals surface area contributed by atoms with E-state index in [9.17, 15) is 4.79 Å². The molecule has 0 bridgehead atoms. The molecule has 0 saturated carbocycles. The molecule has 0 fully saturated rings. The lowest BCUT2D eigenvalue weighted by atomic mass is 10.4. The molecule has 0 aromatic heterocycles. The summed E-state index contributed by atoms with van der Waals surface area (Å²) in [5, 5.41) is -0.175. The van der Waals surface area contributed by atoms with Crippen LogP contribution < -0.4 is 0 Å². The van der Waals surface area contributed by atoms with Gasteiger partial charge in [-0.1, -0.05) is 18.2 Å². The van der Waals surface area contributed by atoms with E-state index in [1.165, 1.54) is 11.8 Å². The van der Waals surface area contributed by atoms with Crippen molar-refractivity contribution in [3.05, 3.63) is 30.3 Å². The maximum Gasteiger partial charge on any atom is 0.303 e. The molecule has 0 spiro atoms. The van der Waals surface area contributed by atoms with Crippen LogP contribution in [0.4, 0.5) is 0 Å². The minimum Gasteiger partial charge on any atom is -0.451 e. The summed E-state index contributed by atoms with van der Waals surface area (Å²) in [5.41, 5.74) is 0. The number of esters is 1. The second-order valence-electron chi connectivity index (χ2n) is 2.97. The Labute approximate surface area is 103 Å². The molecule has 0 amide bonds. The van der Waals surface area contributed by atoms with Crippen LogP contribution in [0.1, 0.15) is 13.3 Å². The summed E-state index contributed by atoms with van der Waals surface area (Å²) in [4.78, 5) is 11.9.